The van der Waals surface area contributed by atoms with E-state index in [1.165, 1.54) is 19.9 Å². The van der Waals surface area contributed by atoms with Crippen LogP contribution in [0.25, 0.3) is 0 Å². The lowest BCUT2D eigenvalue weighted by atomic mass is 10.1. The van der Waals surface area contributed by atoms with E-state index in [0.717, 1.165) is 23.6 Å². The second-order valence-electron chi connectivity index (χ2n) is 5.83. The number of nitrogens with two attached hydrogens (primary N) is 1. The molecule has 0 aliphatic carbocycles. The van der Waals surface area contributed by atoms with Gasteiger partial charge in [0.15, 0.2) is 4.90 Å². The molecule has 0 bridgehead atoms. The lowest BCUT2D eigenvalue weighted by Gasteiger charge is -2.16. The highest BCUT2D eigenvalue weighted by Crippen LogP contribution is 2.35. The average Bonchev–Trinajstić information content (AvgIpc) is 2.96. The maximum atomic E-state index is 12.6. The summed E-state index contributed by atoms with van der Waals surface area (Å²) >= 11 is -1.21. The zero-order chi connectivity index (χ0) is 20.6. The number of pyridine rings is 1. The van der Waals surface area contributed by atoms with Crippen molar-refractivity contribution in [1.82, 2.24) is 4.98 Å². The van der Waals surface area contributed by atoms with Gasteiger partial charge in [0.05, 0.1) is 11.8 Å². The van der Waals surface area contributed by atoms with Crippen LogP contribution in [0.5, 0.6) is 0 Å². The Hall–Kier alpha value is -2.15. The maximum absolute atomic E-state index is 12.6. The SMILES string of the molecule is CC(C)(O)C(=O)Nc1sc([S+]([O-])c2ccc(C(F)(F)F)nc2)cc1C(N)=O. The van der Waals surface area contributed by atoms with E-state index in [0.29, 0.717) is 6.07 Å². The molecule has 12 heteroatoms. The molecule has 4 N–H and O–H groups in total. The summed E-state index contributed by atoms with van der Waals surface area (Å²) in [6.45, 7) is 2.46. The predicted molar refractivity (Wildman–Crippen MR) is 91.7 cm³/mol. The fourth-order valence-electron chi connectivity index (χ4n) is 1.77. The fraction of sp³-hybridized carbons (Fsp3) is 0.267. The summed E-state index contributed by atoms with van der Waals surface area (Å²) in [5.41, 5.74) is 2.22. The Morgan fingerprint density at radius 3 is 2.41 bits per heavy atom. The molecule has 1 atom stereocenters. The molecule has 2 rings (SSSR count). The van der Waals surface area contributed by atoms with Crippen molar-refractivity contribution in [3.63, 3.8) is 0 Å². The van der Waals surface area contributed by atoms with Gasteiger partial charge < -0.3 is 20.7 Å². The molecule has 0 spiro atoms. The third-order valence-electron chi connectivity index (χ3n) is 3.18. The first-order chi connectivity index (χ1) is 12.3. The summed E-state index contributed by atoms with van der Waals surface area (Å²) in [6.07, 6.45) is -3.81. The van der Waals surface area contributed by atoms with Crippen LogP contribution in [0.4, 0.5) is 18.2 Å². The number of hydrogen-bond acceptors (Lipinski definition) is 6. The smallest absolute Gasteiger partial charge is 0.433 e. The lowest BCUT2D eigenvalue weighted by molar-refractivity contribution is -0.141. The summed E-state index contributed by atoms with van der Waals surface area (Å²) in [7, 11) is 0. The number of aliphatic hydroxyl groups is 1. The highest BCUT2D eigenvalue weighted by atomic mass is 32.2. The molecule has 0 aliphatic heterocycles. The van der Waals surface area contributed by atoms with Gasteiger partial charge in [-0.3, -0.25) is 9.59 Å². The molecule has 0 saturated carbocycles. The average molecular weight is 421 g/mol. The number of alkyl halides is 3. The molecule has 2 aromatic heterocycles. The maximum Gasteiger partial charge on any atom is 0.433 e. The number of hydrogen-bond donors (Lipinski definition) is 3. The predicted octanol–water partition coefficient (Wildman–Crippen LogP) is 2.14. The van der Waals surface area contributed by atoms with Gasteiger partial charge in [0.1, 0.15) is 16.3 Å². The van der Waals surface area contributed by atoms with Crippen LogP contribution in [0.2, 0.25) is 0 Å². The number of thiophene rings is 1. The number of carbonyl (C=O) groups excluding carboxylic acids is 2. The monoisotopic (exact) mass is 421 g/mol. The minimum Gasteiger partial charge on any atom is -0.606 e. The molecule has 0 saturated heterocycles. The van der Waals surface area contributed by atoms with Crippen molar-refractivity contribution in [3.05, 3.63) is 35.7 Å². The van der Waals surface area contributed by atoms with Crippen molar-refractivity contribution in [1.29, 1.82) is 0 Å². The lowest BCUT2D eigenvalue weighted by Crippen LogP contribution is -2.36. The summed E-state index contributed by atoms with van der Waals surface area (Å²) in [5.74, 6) is -1.73. The first-order valence-corrected chi connectivity index (χ1v) is 9.20. The molecule has 2 aromatic rings. The summed E-state index contributed by atoms with van der Waals surface area (Å²) < 4.78 is 50.3. The van der Waals surface area contributed by atoms with Crippen LogP contribution in [0.15, 0.2) is 33.5 Å². The molecule has 2 amide bonds. The summed E-state index contributed by atoms with van der Waals surface area (Å²) in [4.78, 5) is 26.7. The number of primary amides is 1. The van der Waals surface area contributed by atoms with Gasteiger partial charge in [0.25, 0.3) is 11.8 Å². The van der Waals surface area contributed by atoms with E-state index in [9.17, 15) is 32.4 Å². The van der Waals surface area contributed by atoms with Crippen molar-refractivity contribution < 1.29 is 32.4 Å². The molecule has 0 radical (unpaired) electrons. The van der Waals surface area contributed by atoms with E-state index in [2.05, 4.69) is 10.3 Å². The molecule has 0 fully saturated rings. The summed E-state index contributed by atoms with van der Waals surface area (Å²) in [5, 5.41) is 12.0. The van der Waals surface area contributed by atoms with Crippen molar-refractivity contribution in [2.45, 2.75) is 34.7 Å². The number of anilines is 1. The number of halogens is 3. The Morgan fingerprint density at radius 1 is 1.33 bits per heavy atom. The normalized spacial score (nSPS) is 13.3. The van der Waals surface area contributed by atoms with E-state index in [-0.39, 0.29) is 19.7 Å². The Labute approximate surface area is 158 Å². The van der Waals surface area contributed by atoms with Crippen LogP contribution in [-0.4, -0.2) is 32.1 Å². The van der Waals surface area contributed by atoms with E-state index in [4.69, 9.17) is 5.73 Å². The van der Waals surface area contributed by atoms with Crippen LogP contribution in [-0.2, 0) is 22.1 Å². The standard InChI is InChI=1S/C15H14F3N3O4S2/c1-14(2,24)13(23)21-12-8(11(19)22)5-10(26-12)27(25)7-3-4-9(20-6-7)15(16,17)18/h3-6,24H,1-2H3,(H2,19,22)(H,21,23). The zero-order valence-electron chi connectivity index (χ0n) is 14.0. The number of rotatable bonds is 5. The number of nitrogens with zero attached hydrogens (tertiary/aromatic N) is 1. The molecule has 7 nitrogen and oxygen atoms in total. The van der Waals surface area contributed by atoms with Gasteiger partial charge >= 0.3 is 6.18 Å². The van der Waals surface area contributed by atoms with Crippen molar-refractivity contribution in [3.8, 4) is 0 Å². The van der Waals surface area contributed by atoms with E-state index < -0.39 is 40.5 Å². The molecule has 146 valence electrons. The molecule has 1 unspecified atom stereocenters. The topological polar surface area (TPSA) is 128 Å². The van der Waals surface area contributed by atoms with Crippen molar-refractivity contribution in [2.24, 2.45) is 5.73 Å². The van der Waals surface area contributed by atoms with E-state index >= 15 is 0 Å². The van der Waals surface area contributed by atoms with Crippen molar-refractivity contribution >= 4 is 39.3 Å². The van der Waals surface area contributed by atoms with Gasteiger partial charge in [-0.1, -0.05) is 11.3 Å². The van der Waals surface area contributed by atoms with Gasteiger partial charge in [-0.15, -0.1) is 0 Å². The number of aromatic nitrogens is 1. The Bertz CT molecular complexity index is 861. The van der Waals surface area contributed by atoms with Crippen LogP contribution >= 0.6 is 11.3 Å². The highest BCUT2D eigenvalue weighted by Gasteiger charge is 2.33. The third-order valence-corrected chi connectivity index (χ3v) is 5.88. The molecule has 0 aliphatic rings. The number of nitrogens with one attached hydrogen (secondary N) is 1. The van der Waals surface area contributed by atoms with Crippen LogP contribution in [0.3, 0.4) is 0 Å². The zero-order valence-corrected chi connectivity index (χ0v) is 15.6. The molecule has 27 heavy (non-hydrogen) atoms. The Balaban J connectivity index is 2.34. The molecule has 0 aromatic carbocycles. The van der Waals surface area contributed by atoms with Gasteiger partial charge in [-0.05, 0) is 26.0 Å². The largest absolute Gasteiger partial charge is 0.606 e. The van der Waals surface area contributed by atoms with Gasteiger partial charge in [-0.2, -0.15) is 13.2 Å². The minimum atomic E-state index is -4.63. The molecular weight excluding hydrogens is 407 g/mol. The van der Waals surface area contributed by atoms with E-state index in [1.807, 2.05) is 0 Å². The van der Waals surface area contributed by atoms with Gasteiger partial charge in [-0.25, -0.2) is 4.98 Å². The molecule has 2 heterocycles. The van der Waals surface area contributed by atoms with Gasteiger partial charge in [0, 0.05) is 17.2 Å². The van der Waals surface area contributed by atoms with Crippen LogP contribution < -0.4 is 11.1 Å². The fourth-order valence-corrected chi connectivity index (χ4v) is 4.20. The second kappa shape index (κ2) is 7.46. The first kappa shape index (κ1) is 21.2. The Morgan fingerprint density at radius 2 is 1.96 bits per heavy atom. The second-order valence-corrected chi connectivity index (χ2v) is 8.59. The minimum absolute atomic E-state index is 0.0272. The quantitative estimate of drug-likeness (QED) is 0.637. The van der Waals surface area contributed by atoms with E-state index in [1.54, 1.807) is 0 Å². The van der Waals surface area contributed by atoms with Crippen molar-refractivity contribution in [2.75, 3.05) is 5.32 Å². The Kier molecular flexibility index (Phi) is 5.85. The third kappa shape index (κ3) is 4.97. The van der Waals surface area contributed by atoms with Crippen LogP contribution in [0.1, 0.15) is 29.9 Å². The summed E-state index contributed by atoms with van der Waals surface area (Å²) in [6, 6.07) is 2.86. The highest BCUT2D eigenvalue weighted by molar-refractivity contribution is 7.93. The molecular formula is C15H14F3N3O4S2. The number of carbonyl (C=O) groups is 2. The van der Waals surface area contributed by atoms with Gasteiger partial charge in [0.2, 0.25) is 4.21 Å². The first-order valence-electron chi connectivity index (χ1n) is 7.23. The van der Waals surface area contributed by atoms with Crippen LogP contribution in [0, 0.1) is 0 Å². The number of amides is 2.